The van der Waals surface area contributed by atoms with Crippen LogP contribution in [-0.2, 0) is 10.0 Å². The van der Waals surface area contributed by atoms with E-state index in [1.165, 1.54) is 18.3 Å². The van der Waals surface area contributed by atoms with Gasteiger partial charge in [0.1, 0.15) is 9.88 Å². The van der Waals surface area contributed by atoms with Crippen LogP contribution < -0.4 is 10.5 Å². The lowest BCUT2D eigenvalue weighted by Crippen LogP contribution is -2.15. The molecule has 0 saturated heterocycles. The van der Waals surface area contributed by atoms with E-state index < -0.39 is 10.0 Å². The van der Waals surface area contributed by atoms with Crippen LogP contribution >= 0.6 is 28.1 Å². The van der Waals surface area contributed by atoms with Gasteiger partial charge < -0.3 is 5.73 Å². The number of anilines is 1. The number of aromatic nitrogens is 1. The average Bonchev–Trinajstić information content (AvgIpc) is 2.42. The molecular formula is C13H12BrN3O2S2. The Kier molecular flexibility index (Phi) is 4.60. The van der Waals surface area contributed by atoms with E-state index >= 15 is 0 Å². The third-order valence-electron chi connectivity index (χ3n) is 2.67. The summed E-state index contributed by atoms with van der Waals surface area (Å²) in [6, 6.07) is 8.21. The molecule has 0 saturated carbocycles. The Hall–Kier alpha value is -1.51. The van der Waals surface area contributed by atoms with Crippen LogP contribution in [0.1, 0.15) is 11.3 Å². The molecule has 0 amide bonds. The molecule has 0 aliphatic heterocycles. The molecule has 0 fully saturated rings. The van der Waals surface area contributed by atoms with Crippen LogP contribution in [0.4, 0.5) is 5.69 Å². The maximum atomic E-state index is 12.3. The molecule has 21 heavy (non-hydrogen) atoms. The zero-order chi connectivity index (χ0) is 15.6. The number of hydrogen-bond donors (Lipinski definition) is 2. The van der Waals surface area contributed by atoms with Gasteiger partial charge in [-0.2, -0.15) is 0 Å². The lowest BCUT2D eigenvalue weighted by Gasteiger charge is -2.10. The first-order chi connectivity index (χ1) is 9.79. The van der Waals surface area contributed by atoms with E-state index in [0.717, 1.165) is 5.56 Å². The van der Waals surface area contributed by atoms with Gasteiger partial charge in [-0.1, -0.05) is 18.3 Å². The maximum absolute atomic E-state index is 12.3. The molecule has 2 aromatic rings. The molecule has 110 valence electrons. The molecule has 0 aliphatic carbocycles. The van der Waals surface area contributed by atoms with Crippen molar-refractivity contribution in [1.29, 1.82) is 0 Å². The number of rotatable bonds is 4. The van der Waals surface area contributed by atoms with Crippen molar-refractivity contribution in [1.82, 2.24) is 4.98 Å². The average molecular weight is 386 g/mol. The van der Waals surface area contributed by atoms with E-state index in [-0.39, 0.29) is 9.88 Å². The van der Waals surface area contributed by atoms with Gasteiger partial charge in [-0.05, 0) is 52.7 Å². The summed E-state index contributed by atoms with van der Waals surface area (Å²) < 4.78 is 27.7. The van der Waals surface area contributed by atoms with Gasteiger partial charge in [0.15, 0.2) is 0 Å². The molecule has 0 spiro atoms. The van der Waals surface area contributed by atoms with E-state index in [1.54, 1.807) is 6.07 Å². The van der Waals surface area contributed by atoms with Crippen molar-refractivity contribution < 1.29 is 8.42 Å². The standard InChI is InChI=1S/C13H12BrN3O2S2/c1-8-2-4-11(10(14)6-8)17-21(18,19)9-3-5-12(13(15)20)16-7-9/h2-7,17H,1H3,(H2,15,20). The third-order valence-corrected chi connectivity index (χ3v) is 4.88. The number of benzene rings is 1. The quantitative estimate of drug-likeness (QED) is 0.789. The molecule has 2 rings (SSSR count). The van der Waals surface area contributed by atoms with Crippen LogP contribution in [0.3, 0.4) is 0 Å². The molecule has 1 aromatic carbocycles. The van der Waals surface area contributed by atoms with Crippen molar-refractivity contribution >= 4 is 48.8 Å². The smallest absolute Gasteiger partial charge is 0.263 e. The van der Waals surface area contributed by atoms with Crippen molar-refractivity contribution in [2.75, 3.05) is 4.72 Å². The van der Waals surface area contributed by atoms with Crippen molar-refractivity contribution in [3.8, 4) is 0 Å². The molecule has 8 heteroatoms. The summed E-state index contributed by atoms with van der Waals surface area (Å²) in [6.45, 7) is 1.92. The topological polar surface area (TPSA) is 85.1 Å². The van der Waals surface area contributed by atoms with Crippen LogP contribution in [0, 0.1) is 6.92 Å². The van der Waals surface area contributed by atoms with Gasteiger partial charge in [0, 0.05) is 10.7 Å². The first-order valence-corrected chi connectivity index (χ1v) is 8.53. The number of pyridine rings is 1. The lowest BCUT2D eigenvalue weighted by molar-refractivity contribution is 0.601. The summed E-state index contributed by atoms with van der Waals surface area (Å²) in [6.07, 6.45) is 1.22. The van der Waals surface area contributed by atoms with Crippen LogP contribution in [-0.4, -0.2) is 18.4 Å². The number of nitrogens with two attached hydrogens (primary N) is 1. The molecule has 3 N–H and O–H groups in total. The molecule has 0 bridgehead atoms. The minimum absolute atomic E-state index is 0.0370. The highest BCUT2D eigenvalue weighted by Crippen LogP contribution is 2.25. The second kappa shape index (κ2) is 6.08. The van der Waals surface area contributed by atoms with E-state index in [1.807, 2.05) is 19.1 Å². The Morgan fingerprint density at radius 2 is 2.05 bits per heavy atom. The number of hydrogen-bond acceptors (Lipinski definition) is 4. The molecule has 0 radical (unpaired) electrons. The number of nitrogens with zero attached hydrogens (tertiary/aromatic N) is 1. The van der Waals surface area contributed by atoms with Crippen LogP contribution in [0.15, 0.2) is 45.9 Å². The molecule has 5 nitrogen and oxygen atoms in total. The van der Waals surface area contributed by atoms with Gasteiger partial charge >= 0.3 is 0 Å². The molecule has 1 heterocycles. The van der Waals surface area contributed by atoms with Crippen molar-refractivity contribution in [3.63, 3.8) is 0 Å². The minimum Gasteiger partial charge on any atom is -0.388 e. The van der Waals surface area contributed by atoms with Crippen molar-refractivity contribution in [2.24, 2.45) is 5.73 Å². The van der Waals surface area contributed by atoms with Gasteiger partial charge in [-0.3, -0.25) is 9.71 Å². The maximum Gasteiger partial charge on any atom is 0.263 e. The van der Waals surface area contributed by atoms with Crippen molar-refractivity contribution in [3.05, 3.63) is 52.3 Å². The van der Waals surface area contributed by atoms with Gasteiger partial charge in [0.2, 0.25) is 0 Å². The highest BCUT2D eigenvalue weighted by molar-refractivity contribution is 9.10. The summed E-state index contributed by atoms with van der Waals surface area (Å²) in [5.41, 5.74) is 7.28. The largest absolute Gasteiger partial charge is 0.388 e. The highest BCUT2D eigenvalue weighted by atomic mass is 79.9. The van der Waals surface area contributed by atoms with E-state index in [9.17, 15) is 8.42 Å². The number of sulfonamides is 1. The molecule has 0 unspecified atom stereocenters. The fourth-order valence-corrected chi connectivity index (χ4v) is 3.46. The van der Waals surface area contributed by atoms with Crippen molar-refractivity contribution in [2.45, 2.75) is 11.8 Å². The lowest BCUT2D eigenvalue weighted by atomic mass is 10.2. The van der Waals surface area contributed by atoms with Gasteiger partial charge in [-0.15, -0.1) is 0 Å². The van der Waals surface area contributed by atoms with Crippen LogP contribution in [0.5, 0.6) is 0 Å². The van der Waals surface area contributed by atoms with E-state index in [4.69, 9.17) is 18.0 Å². The molecule has 0 atom stereocenters. The van der Waals surface area contributed by atoms with E-state index in [2.05, 4.69) is 25.6 Å². The fourth-order valence-electron chi connectivity index (χ4n) is 1.59. The molecule has 0 aliphatic rings. The Balaban J connectivity index is 2.31. The van der Waals surface area contributed by atoms with Gasteiger partial charge in [0.25, 0.3) is 10.0 Å². The minimum atomic E-state index is -3.72. The number of halogens is 1. The van der Waals surface area contributed by atoms with Crippen LogP contribution in [0.2, 0.25) is 0 Å². The fraction of sp³-hybridized carbons (Fsp3) is 0.0769. The highest BCUT2D eigenvalue weighted by Gasteiger charge is 2.16. The Morgan fingerprint density at radius 3 is 2.57 bits per heavy atom. The zero-order valence-electron chi connectivity index (χ0n) is 11.0. The summed E-state index contributed by atoms with van der Waals surface area (Å²) in [5, 5.41) is 0. The van der Waals surface area contributed by atoms with Gasteiger partial charge in [-0.25, -0.2) is 8.42 Å². The molecular weight excluding hydrogens is 374 g/mol. The zero-order valence-corrected chi connectivity index (χ0v) is 14.2. The number of thiocarbonyl (C=S) groups is 1. The predicted octanol–water partition coefficient (Wildman–Crippen LogP) is 2.59. The molecule has 1 aromatic heterocycles. The number of nitrogens with one attached hydrogen (secondary N) is 1. The summed E-state index contributed by atoms with van der Waals surface area (Å²) in [7, 11) is -3.72. The first-order valence-electron chi connectivity index (χ1n) is 5.84. The summed E-state index contributed by atoms with van der Waals surface area (Å²) >= 11 is 8.10. The third kappa shape index (κ3) is 3.78. The second-order valence-corrected chi connectivity index (χ2v) is 7.31. The normalized spacial score (nSPS) is 11.1. The van der Waals surface area contributed by atoms with Gasteiger partial charge in [0.05, 0.1) is 11.4 Å². The van der Waals surface area contributed by atoms with Crippen LogP contribution in [0.25, 0.3) is 0 Å². The van der Waals surface area contributed by atoms with E-state index in [0.29, 0.717) is 15.9 Å². The Bertz CT molecular complexity index is 790. The SMILES string of the molecule is Cc1ccc(NS(=O)(=O)c2ccc(C(N)=S)nc2)c(Br)c1. The predicted molar refractivity (Wildman–Crippen MR) is 89.8 cm³/mol. The second-order valence-electron chi connectivity index (χ2n) is 4.33. The Labute approximate surface area is 136 Å². The first kappa shape index (κ1) is 15.9. The summed E-state index contributed by atoms with van der Waals surface area (Å²) in [5.74, 6) is 0. The number of aryl methyl sites for hydroxylation is 1. The monoisotopic (exact) mass is 385 g/mol. The summed E-state index contributed by atoms with van der Waals surface area (Å²) in [4.78, 5) is 4.08. The Morgan fingerprint density at radius 1 is 1.33 bits per heavy atom.